The summed E-state index contributed by atoms with van der Waals surface area (Å²) in [6, 6.07) is 18.1. The average Bonchev–Trinajstić information content (AvgIpc) is 2.46. The molecule has 0 saturated carbocycles. The van der Waals surface area contributed by atoms with Crippen molar-refractivity contribution in [2.45, 2.75) is 18.3 Å². The van der Waals surface area contributed by atoms with Gasteiger partial charge in [0, 0.05) is 0 Å². The Morgan fingerprint density at radius 3 is 2.40 bits per heavy atom. The molecule has 0 heterocycles. The summed E-state index contributed by atoms with van der Waals surface area (Å²) in [7, 11) is 0. The van der Waals surface area contributed by atoms with E-state index in [2.05, 4.69) is 29.6 Å². The van der Waals surface area contributed by atoms with Gasteiger partial charge in [0.1, 0.15) is 0 Å². The van der Waals surface area contributed by atoms with Crippen molar-refractivity contribution < 1.29 is 4.79 Å². The fraction of sp³-hybridized carbons (Fsp3) is 0.188. The van der Waals surface area contributed by atoms with E-state index >= 15 is 0 Å². The van der Waals surface area contributed by atoms with Gasteiger partial charge in [-0.1, -0.05) is 0 Å². The normalized spacial score (nSPS) is 11.9. The molecule has 0 aromatic heterocycles. The quantitative estimate of drug-likeness (QED) is 0.824. The topological polar surface area (TPSA) is 29.1 Å². The van der Waals surface area contributed by atoms with Gasteiger partial charge in [0.05, 0.1) is 0 Å². The van der Waals surface area contributed by atoms with Gasteiger partial charge < -0.3 is 0 Å². The average molecular weight is 353 g/mol. The zero-order chi connectivity index (χ0) is 14.4. The molecule has 2 aromatic rings. The first-order valence-electron chi connectivity index (χ1n) is 6.35. The van der Waals surface area contributed by atoms with Gasteiger partial charge in [0.2, 0.25) is 0 Å². The van der Waals surface area contributed by atoms with E-state index < -0.39 is 0 Å². The molecule has 2 rings (SSSR count). The number of benzene rings is 2. The van der Waals surface area contributed by atoms with E-state index in [1.54, 1.807) is 6.92 Å². The second-order valence-electron chi connectivity index (χ2n) is 4.43. The van der Waals surface area contributed by atoms with Crippen LogP contribution >= 0.6 is 11.6 Å². The van der Waals surface area contributed by atoms with Crippen molar-refractivity contribution in [3.05, 3.63) is 65.2 Å². The predicted molar refractivity (Wildman–Crippen MR) is 84.6 cm³/mol. The summed E-state index contributed by atoms with van der Waals surface area (Å²) in [5, 5.41) is 4.71. The van der Waals surface area contributed by atoms with Crippen LogP contribution in [0.15, 0.2) is 54.6 Å². The van der Waals surface area contributed by atoms with Crippen molar-refractivity contribution in [3.8, 4) is 0 Å². The van der Waals surface area contributed by atoms with Gasteiger partial charge in [-0.15, -0.1) is 0 Å². The van der Waals surface area contributed by atoms with Crippen LogP contribution in [0.3, 0.4) is 0 Å². The van der Waals surface area contributed by atoms with Crippen LogP contribution in [-0.2, 0) is 4.79 Å². The molecule has 0 fully saturated rings. The molecule has 4 heteroatoms. The Morgan fingerprint density at radius 1 is 1.15 bits per heavy atom. The molecule has 2 nitrogen and oxygen atoms in total. The van der Waals surface area contributed by atoms with Gasteiger partial charge in [-0.3, -0.25) is 0 Å². The van der Waals surface area contributed by atoms with Crippen LogP contribution in [0, 0.1) is 0 Å². The predicted octanol–water partition coefficient (Wildman–Crippen LogP) is 2.97. The van der Waals surface area contributed by atoms with E-state index in [9.17, 15) is 4.79 Å². The molecule has 0 radical (unpaired) electrons. The van der Waals surface area contributed by atoms with Crippen molar-refractivity contribution in [2.24, 2.45) is 0 Å². The van der Waals surface area contributed by atoms with Gasteiger partial charge >= 0.3 is 131 Å². The molecule has 0 aliphatic heterocycles. The zero-order valence-electron chi connectivity index (χ0n) is 11.2. The Kier molecular flexibility index (Phi) is 5.66. The number of nitrogens with one attached hydrogen (secondary N) is 1. The molecule has 104 valence electrons. The van der Waals surface area contributed by atoms with E-state index in [0.717, 1.165) is 15.9 Å². The van der Waals surface area contributed by atoms with Crippen LogP contribution in [0.5, 0.6) is 0 Å². The Morgan fingerprint density at radius 2 is 1.80 bits per heavy atom. The minimum absolute atomic E-state index is 0.00533. The summed E-state index contributed by atoms with van der Waals surface area (Å²) < 4.78 is 1.29. The van der Waals surface area contributed by atoms with Gasteiger partial charge in [-0.2, -0.15) is 0 Å². The Labute approximate surface area is 130 Å². The molecular formula is C16H16ClNOSe. The standard InChI is InChI=1S/C16H16ClNOSe/c1-12(19)18-16(13-5-3-2-4-6-13)11-20-15-9-7-14(17)8-10-15/h2-10,16H,11H2,1H3,(H,18,19). The van der Waals surface area contributed by atoms with E-state index in [0.29, 0.717) is 15.0 Å². The van der Waals surface area contributed by atoms with Crippen molar-refractivity contribution in [1.82, 2.24) is 5.32 Å². The molecule has 1 unspecified atom stereocenters. The molecule has 2 aromatic carbocycles. The summed E-state index contributed by atoms with van der Waals surface area (Å²) >= 11 is 6.19. The van der Waals surface area contributed by atoms with Gasteiger partial charge in [0.15, 0.2) is 0 Å². The molecule has 1 N–H and O–H groups in total. The van der Waals surface area contributed by atoms with Crippen LogP contribution in [0.2, 0.25) is 10.3 Å². The first kappa shape index (κ1) is 15.1. The first-order valence-corrected chi connectivity index (χ1v) is 8.80. The zero-order valence-corrected chi connectivity index (χ0v) is 13.6. The second kappa shape index (κ2) is 7.49. The van der Waals surface area contributed by atoms with Gasteiger partial charge in [-0.05, 0) is 0 Å². The van der Waals surface area contributed by atoms with Crippen molar-refractivity contribution in [1.29, 1.82) is 0 Å². The number of hydrogen-bond donors (Lipinski definition) is 1. The Hall–Kier alpha value is -1.28. The van der Waals surface area contributed by atoms with Crippen LogP contribution < -0.4 is 9.78 Å². The second-order valence-corrected chi connectivity index (χ2v) is 7.16. The summed E-state index contributed by atoms with van der Waals surface area (Å²) in [4.78, 5) is 11.4. The number of amides is 1. The third-order valence-electron chi connectivity index (χ3n) is 2.81. The Bertz CT molecular complexity index is 556. The fourth-order valence-electron chi connectivity index (χ4n) is 1.86. The molecule has 1 atom stereocenters. The summed E-state index contributed by atoms with van der Waals surface area (Å²) in [6.07, 6.45) is 0. The van der Waals surface area contributed by atoms with Crippen LogP contribution in [-0.4, -0.2) is 20.9 Å². The number of rotatable bonds is 5. The third-order valence-corrected chi connectivity index (χ3v) is 5.38. The molecule has 0 aliphatic rings. The number of hydrogen-bond acceptors (Lipinski definition) is 1. The van der Waals surface area contributed by atoms with Crippen molar-refractivity contribution in [3.63, 3.8) is 0 Å². The van der Waals surface area contributed by atoms with Crippen molar-refractivity contribution >= 4 is 36.9 Å². The maximum atomic E-state index is 11.4. The summed E-state index contributed by atoms with van der Waals surface area (Å²) in [5.74, 6) is 0.00533. The maximum absolute atomic E-state index is 11.4. The SMILES string of the molecule is CC(=O)NC(C[Se]c1ccc(Cl)cc1)c1ccccc1. The number of halogens is 1. The van der Waals surface area contributed by atoms with E-state index in [1.165, 1.54) is 4.46 Å². The molecule has 1 amide bonds. The van der Waals surface area contributed by atoms with Crippen LogP contribution in [0.1, 0.15) is 18.5 Å². The van der Waals surface area contributed by atoms with Gasteiger partial charge in [-0.25, -0.2) is 0 Å². The van der Waals surface area contributed by atoms with Crippen LogP contribution in [0.25, 0.3) is 0 Å². The van der Waals surface area contributed by atoms with E-state index in [4.69, 9.17) is 11.6 Å². The van der Waals surface area contributed by atoms with E-state index in [-0.39, 0.29) is 11.9 Å². The summed E-state index contributed by atoms with van der Waals surface area (Å²) in [6.45, 7) is 1.56. The van der Waals surface area contributed by atoms with Crippen molar-refractivity contribution in [2.75, 3.05) is 0 Å². The third kappa shape index (κ3) is 4.68. The Balaban J connectivity index is 2.04. The van der Waals surface area contributed by atoms with Crippen LogP contribution in [0.4, 0.5) is 0 Å². The monoisotopic (exact) mass is 353 g/mol. The molecule has 0 bridgehead atoms. The molecule has 20 heavy (non-hydrogen) atoms. The molecule has 0 spiro atoms. The van der Waals surface area contributed by atoms with E-state index in [1.807, 2.05) is 30.3 Å². The number of carbonyl (C=O) groups is 1. The molecular weight excluding hydrogens is 337 g/mol. The van der Waals surface area contributed by atoms with Gasteiger partial charge in [0.25, 0.3) is 0 Å². The number of carbonyl (C=O) groups excluding carboxylic acids is 1. The molecule has 0 aliphatic carbocycles. The summed E-state index contributed by atoms with van der Waals surface area (Å²) in [5.41, 5.74) is 1.15. The minimum atomic E-state index is 0.00533. The first-order chi connectivity index (χ1) is 9.65. The fourth-order valence-corrected chi connectivity index (χ4v) is 4.01. The molecule has 0 saturated heterocycles.